The van der Waals surface area contributed by atoms with Gasteiger partial charge < -0.3 is 24.8 Å². The Morgan fingerprint density at radius 3 is 2.29 bits per heavy atom. The van der Waals surface area contributed by atoms with E-state index in [0.29, 0.717) is 45.4 Å². The molecule has 0 saturated heterocycles. The molecule has 0 radical (unpaired) electrons. The number of aryl methyl sites for hydroxylation is 1. The number of carbonyl (C=O) groups is 4. The van der Waals surface area contributed by atoms with Crippen molar-refractivity contribution in [2.45, 2.75) is 65.3 Å². The predicted molar refractivity (Wildman–Crippen MR) is 188 cm³/mol. The smallest absolute Gasteiger partial charge is 0.343 e. The van der Waals surface area contributed by atoms with E-state index in [4.69, 9.17) is 14.2 Å². The molecule has 1 aromatic heterocycles. The maximum atomic E-state index is 13.2. The van der Waals surface area contributed by atoms with Crippen LogP contribution in [0.1, 0.15) is 87.5 Å². The molecular weight excluding hydrogens is 628 g/mol. The van der Waals surface area contributed by atoms with Crippen LogP contribution in [0.2, 0.25) is 0 Å². The minimum Gasteiger partial charge on any atom is -0.494 e. The van der Waals surface area contributed by atoms with E-state index in [9.17, 15) is 19.2 Å². The van der Waals surface area contributed by atoms with Gasteiger partial charge in [-0.3, -0.25) is 14.4 Å². The Morgan fingerprint density at radius 1 is 0.833 bits per heavy atom. The van der Waals surface area contributed by atoms with E-state index < -0.39 is 17.9 Å². The molecule has 1 unspecified atom stereocenters. The third-order valence-electron chi connectivity index (χ3n) is 7.61. The molecule has 4 aromatic rings. The van der Waals surface area contributed by atoms with Crippen LogP contribution in [0.4, 0.5) is 5.69 Å². The highest BCUT2D eigenvalue weighted by Gasteiger charge is 2.21. The highest BCUT2D eigenvalue weighted by atomic mass is 32.1. The van der Waals surface area contributed by atoms with Gasteiger partial charge in [0, 0.05) is 11.3 Å². The zero-order valence-electron chi connectivity index (χ0n) is 27.8. The number of Topliss-reactive ketones (excluding diaryl/α,β-unsaturated/α-hetero) is 1. The van der Waals surface area contributed by atoms with Gasteiger partial charge in [-0.2, -0.15) is 0 Å². The Balaban J connectivity index is 1.34. The Bertz CT molecular complexity index is 1710. The van der Waals surface area contributed by atoms with Crippen LogP contribution in [0.3, 0.4) is 0 Å². The summed E-state index contributed by atoms with van der Waals surface area (Å²) in [5, 5.41) is 7.50. The van der Waals surface area contributed by atoms with Gasteiger partial charge in [0.2, 0.25) is 0 Å². The molecule has 0 saturated carbocycles. The lowest BCUT2D eigenvalue weighted by atomic mass is 10.0. The molecule has 10 heteroatoms. The first-order chi connectivity index (χ1) is 23.2. The SMILES string of the molecule is CCCCCCCOc1ccc(C(=O)Oc2ccc(CC(NC(=O)c3cccc(NC(=O)c4cc(C)cs4)c3)C(C)=O)cc2OC)cc1. The van der Waals surface area contributed by atoms with E-state index in [2.05, 4.69) is 17.6 Å². The summed E-state index contributed by atoms with van der Waals surface area (Å²) in [6, 6.07) is 19.3. The number of ketones is 1. The number of unbranched alkanes of at least 4 members (excludes halogenated alkanes) is 4. The number of methoxy groups -OCH3 is 1. The molecule has 0 spiro atoms. The summed E-state index contributed by atoms with van der Waals surface area (Å²) < 4.78 is 16.9. The van der Waals surface area contributed by atoms with Gasteiger partial charge in [0.05, 0.1) is 30.2 Å². The Hall–Kier alpha value is -4.96. The lowest BCUT2D eigenvalue weighted by Gasteiger charge is -2.18. The summed E-state index contributed by atoms with van der Waals surface area (Å²) in [7, 11) is 1.46. The lowest BCUT2D eigenvalue weighted by Crippen LogP contribution is -2.41. The quantitative estimate of drug-likeness (QED) is 0.0668. The van der Waals surface area contributed by atoms with E-state index in [1.807, 2.05) is 12.3 Å². The standard InChI is InChI=1S/C38H42N2O7S/c1-5-6-7-8-9-19-46-31-16-14-28(15-17-31)38(44)47-33-18-13-27(22-34(33)45-4)21-32(26(3)41)40-36(42)29-11-10-12-30(23-29)39-37(43)35-20-25(2)24-48-35/h10-18,20,22-24,32H,5-9,19,21H2,1-4H3,(H,39,43)(H,40,42). The van der Waals surface area contributed by atoms with E-state index in [0.717, 1.165) is 18.4 Å². The van der Waals surface area contributed by atoms with Crippen LogP contribution >= 0.6 is 11.3 Å². The van der Waals surface area contributed by atoms with E-state index in [1.54, 1.807) is 72.8 Å². The van der Waals surface area contributed by atoms with Crippen LogP contribution in [0.5, 0.6) is 17.2 Å². The van der Waals surface area contributed by atoms with Crippen molar-refractivity contribution in [2.24, 2.45) is 0 Å². The van der Waals surface area contributed by atoms with Crippen LogP contribution in [0.25, 0.3) is 0 Å². The Kier molecular flexibility index (Phi) is 13.3. The topological polar surface area (TPSA) is 120 Å². The van der Waals surface area contributed by atoms with Crippen LogP contribution in [-0.4, -0.2) is 43.3 Å². The van der Waals surface area contributed by atoms with E-state index in [-0.39, 0.29) is 23.9 Å². The second-order valence-corrected chi connectivity index (χ2v) is 12.4. The van der Waals surface area contributed by atoms with Crippen molar-refractivity contribution in [3.63, 3.8) is 0 Å². The zero-order chi connectivity index (χ0) is 34.5. The molecule has 0 bridgehead atoms. The summed E-state index contributed by atoms with van der Waals surface area (Å²) in [6.07, 6.45) is 5.95. The van der Waals surface area contributed by atoms with Crippen molar-refractivity contribution < 1.29 is 33.4 Å². The van der Waals surface area contributed by atoms with Gasteiger partial charge in [-0.1, -0.05) is 44.7 Å². The fourth-order valence-corrected chi connectivity index (χ4v) is 5.71. The number of rotatable bonds is 17. The van der Waals surface area contributed by atoms with Gasteiger partial charge in [-0.15, -0.1) is 11.3 Å². The van der Waals surface area contributed by atoms with Crippen molar-refractivity contribution in [3.05, 3.63) is 105 Å². The molecule has 2 N–H and O–H groups in total. The number of benzene rings is 3. The van der Waals surface area contributed by atoms with Crippen LogP contribution in [0.15, 0.2) is 78.2 Å². The first kappa shape index (κ1) is 35.9. The predicted octanol–water partition coefficient (Wildman–Crippen LogP) is 7.82. The molecule has 1 heterocycles. The number of esters is 1. The van der Waals surface area contributed by atoms with Crippen LogP contribution < -0.4 is 24.8 Å². The Morgan fingerprint density at radius 2 is 1.60 bits per heavy atom. The molecule has 1 atom stereocenters. The molecule has 2 amide bonds. The first-order valence-electron chi connectivity index (χ1n) is 16.1. The van der Waals surface area contributed by atoms with Gasteiger partial charge in [0.15, 0.2) is 17.3 Å². The van der Waals surface area contributed by atoms with E-state index in [1.165, 1.54) is 44.6 Å². The molecule has 0 aliphatic carbocycles. The van der Waals surface area contributed by atoms with Crippen molar-refractivity contribution in [1.29, 1.82) is 0 Å². The maximum Gasteiger partial charge on any atom is 0.343 e. The summed E-state index contributed by atoms with van der Waals surface area (Å²) in [4.78, 5) is 51.7. The number of anilines is 1. The fourth-order valence-electron chi connectivity index (χ4n) is 4.92. The summed E-state index contributed by atoms with van der Waals surface area (Å²) in [5.74, 6) is -0.287. The summed E-state index contributed by atoms with van der Waals surface area (Å²) >= 11 is 1.34. The van der Waals surface area contributed by atoms with Gasteiger partial charge >= 0.3 is 5.97 Å². The van der Waals surface area contributed by atoms with E-state index >= 15 is 0 Å². The third kappa shape index (κ3) is 10.5. The largest absolute Gasteiger partial charge is 0.494 e. The minimum absolute atomic E-state index is 0.180. The van der Waals surface area contributed by atoms with Crippen LogP contribution in [0, 0.1) is 6.92 Å². The van der Waals surface area contributed by atoms with Crippen molar-refractivity contribution in [2.75, 3.05) is 19.0 Å². The number of carbonyl (C=O) groups excluding carboxylic acids is 4. The van der Waals surface area contributed by atoms with Gasteiger partial charge in [-0.25, -0.2) is 4.79 Å². The third-order valence-corrected chi connectivity index (χ3v) is 8.66. The molecule has 4 rings (SSSR count). The molecule has 9 nitrogen and oxygen atoms in total. The Labute approximate surface area is 285 Å². The molecule has 0 fully saturated rings. The number of thiophene rings is 1. The number of nitrogens with one attached hydrogen (secondary N) is 2. The normalized spacial score (nSPS) is 11.3. The first-order valence-corrected chi connectivity index (χ1v) is 16.9. The highest BCUT2D eigenvalue weighted by Crippen LogP contribution is 2.30. The second-order valence-electron chi connectivity index (χ2n) is 11.5. The van der Waals surface area contributed by atoms with Crippen molar-refractivity contribution >= 4 is 40.6 Å². The van der Waals surface area contributed by atoms with Crippen LogP contribution in [-0.2, 0) is 11.2 Å². The highest BCUT2D eigenvalue weighted by molar-refractivity contribution is 7.12. The molecule has 0 aliphatic heterocycles. The average Bonchev–Trinajstić information content (AvgIpc) is 3.53. The molecule has 0 aliphatic rings. The van der Waals surface area contributed by atoms with Gasteiger partial charge in [0.25, 0.3) is 11.8 Å². The summed E-state index contributed by atoms with van der Waals surface area (Å²) in [6.45, 7) is 6.14. The number of hydrogen-bond acceptors (Lipinski definition) is 8. The zero-order valence-corrected chi connectivity index (χ0v) is 28.6. The molecular formula is C38H42N2O7S. The second kappa shape index (κ2) is 17.8. The fraction of sp³-hybridized carbons (Fsp3) is 0.316. The van der Waals surface area contributed by atoms with Crippen molar-refractivity contribution in [1.82, 2.24) is 5.32 Å². The summed E-state index contributed by atoms with van der Waals surface area (Å²) in [5.41, 5.74) is 2.81. The minimum atomic E-state index is -0.833. The number of ether oxygens (including phenoxy) is 3. The average molecular weight is 671 g/mol. The monoisotopic (exact) mass is 670 g/mol. The maximum absolute atomic E-state index is 13.2. The van der Waals surface area contributed by atoms with Crippen molar-refractivity contribution in [3.8, 4) is 17.2 Å². The molecule has 252 valence electrons. The number of amides is 2. The molecule has 3 aromatic carbocycles. The van der Waals surface area contributed by atoms with Gasteiger partial charge in [-0.05, 0) is 104 Å². The lowest BCUT2D eigenvalue weighted by molar-refractivity contribution is -0.118. The van der Waals surface area contributed by atoms with Gasteiger partial charge in [0.1, 0.15) is 5.75 Å². The molecule has 48 heavy (non-hydrogen) atoms. The number of hydrogen-bond donors (Lipinski definition) is 2.